The fraction of sp³-hybridized carbons (Fsp3) is 0.619. The summed E-state index contributed by atoms with van der Waals surface area (Å²) in [5.41, 5.74) is 0.253. The smallest absolute Gasteiger partial charge is 0.263 e. The summed E-state index contributed by atoms with van der Waals surface area (Å²) in [7, 11) is 1.60. The number of aromatic nitrogens is 3. The average molecular weight is 417 g/mol. The number of fused-ring (bicyclic) bond motifs is 3. The first kappa shape index (κ1) is 20.3. The number of hydrogen-bond acceptors (Lipinski definition) is 6. The fourth-order valence-corrected chi connectivity index (χ4v) is 5.79. The zero-order chi connectivity index (χ0) is 20.4. The minimum absolute atomic E-state index is 0.0149. The molecule has 0 radical (unpaired) electrons. The third-order valence-corrected chi connectivity index (χ3v) is 7.35. The molecule has 2 bridgehead atoms. The molecule has 29 heavy (non-hydrogen) atoms. The molecule has 0 saturated heterocycles. The summed E-state index contributed by atoms with van der Waals surface area (Å²) in [5.74, 6) is 2.45. The SMILES string of the molecule is COCCn1c(SCC(=O)N[C@H](C)[C@@H]2C[C@H]3CC[C@H]2C3)nc2ncccc2c1=O. The molecular weight excluding hydrogens is 388 g/mol. The van der Waals surface area contributed by atoms with Crippen LogP contribution in [0.25, 0.3) is 11.0 Å². The second-order valence-electron chi connectivity index (χ2n) is 8.20. The van der Waals surface area contributed by atoms with Crippen LogP contribution in [0.1, 0.15) is 32.6 Å². The maximum Gasteiger partial charge on any atom is 0.263 e. The number of ether oxygens (including phenoxy) is 1. The lowest BCUT2D eigenvalue weighted by Gasteiger charge is -2.28. The van der Waals surface area contributed by atoms with Crippen molar-refractivity contribution in [1.82, 2.24) is 19.9 Å². The fourth-order valence-electron chi connectivity index (χ4n) is 4.97. The van der Waals surface area contributed by atoms with Gasteiger partial charge in [0.25, 0.3) is 5.56 Å². The summed E-state index contributed by atoms with van der Waals surface area (Å²) in [4.78, 5) is 34.1. The maximum atomic E-state index is 12.8. The van der Waals surface area contributed by atoms with Gasteiger partial charge in [0, 0.05) is 19.3 Å². The lowest BCUT2D eigenvalue weighted by molar-refractivity contribution is -0.119. The largest absolute Gasteiger partial charge is 0.383 e. The van der Waals surface area contributed by atoms with E-state index in [1.54, 1.807) is 30.0 Å². The summed E-state index contributed by atoms with van der Waals surface area (Å²) in [5, 5.41) is 4.15. The molecule has 0 aliphatic heterocycles. The summed E-state index contributed by atoms with van der Waals surface area (Å²) in [6.45, 7) is 2.91. The van der Waals surface area contributed by atoms with Crippen LogP contribution in [0, 0.1) is 17.8 Å². The van der Waals surface area contributed by atoms with Gasteiger partial charge in [0.1, 0.15) is 0 Å². The first-order valence-corrected chi connectivity index (χ1v) is 11.3. The zero-order valence-corrected chi connectivity index (χ0v) is 17.8. The molecule has 2 aromatic rings. The van der Waals surface area contributed by atoms with Crippen molar-refractivity contribution < 1.29 is 9.53 Å². The molecule has 2 saturated carbocycles. The van der Waals surface area contributed by atoms with Crippen molar-refractivity contribution >= 4 is 28.7 Å². The summed E-state index contributed by atoms with van der Waals surface area (Å²) in [6, 6.07) is 3.64. The lowest BCUT2D eigenvalue weighted by Crippen LogP contribution is -2.41. The van der Waals surface area contributed by atoms with E-state index in [1.807, 2.05) is 0 Å². The molecule has 156 valence electrons. The number of thioether (sulfide) groups is 1. The molecule has 4 rings (SSSR count). The highest BCUT2D eigenvalue weighted by atomic mass is 32.2. The van der Waals surface area contributed by atoms with Gasteiger partial charge in [0.2, 0.25) is 5.91 Å². The van der Waals surface area contributed by atoms with E-state index in [9.17, 15) is 9.59 Å². The summed E-state index contributed by atoms with van der Waals surface area (Å²) >= 11 is 1.28. The monoisotopic (exact) mass is 416 g/mol. The van der Waals surface area contributed by atoms with Crippen molar-refractivity contribution in [2.24, 2.45) is 17.8 Å². The van der Waals surface area contributed by atoms with E-state index in [0.29, 0.717) is 35.3 Å². The molecule has 8 heteroatoms. The quantitative estimate of drug-likeness (QED) is 0.526. The first-order valence-electron chi connectivity index (χ1n) is 10.3. The Morgan fingerprint density at radius 2 is 2.28 bits per heavy atom. The van der Waals surface area contributed by atoms with E-state index in [-0.39, 0.29) is 23.3 Å². The van der Waals surface area contributed by atoms with Crippen molar-refractivity contribution in [2.45, 2.75) is 50.4 Å². The van der Waals surface area contributed by atoms with E-state index < -0.39 is 0 Å². The third kappa shape index (κ3) is 4.33. The Balaban J connectivity index is 1.44. The molecule has 2 heterocycles. The molecule has 0 spiro atoms. The van der Waals surface area contributed by atoms with Gasteiger partial charge in [-0.3, -0.25) is 14.2 Å². The second-order valence-corrected chi connectivity index (χ2v) is 9.14. The van der Waals surface area contributed by atoms with Gasteiger partial charge in [-0.15, -0.1) is 0 Å². The van der Waals surface area contributed by atoms with Gasteiger partial charge in [-0.2, -0.15) is 0 Å². The zero-order valence-electron chi connectivity index (χ0n) is 17.0. The Morgan fingerprint density at radius 1 is 1.41 bits per heavy atom. The lowest BCUT2D eigenvalue weighted by atomic mass is 9.84. The van der Waals surface area contributed by atoms with Crippen LogP contribution in [0.4, 0.5) is 0 Å². The molecule has 2 aliphatic rings. The number of pyridine rings is 1. The summed E-state index contributed by atoms with van der Waals surface area (Å²) in [6.07, 6.45) is 6.86. The van der Waals surface area contributed by atoms with Crippen LogP contribution in [0.2, 0.25) is 0 Å². The Labute approximate surface area is 174 Å². The predicted octanol–water partition coefficient (Wildman–Crippen LogP) is 2.47. The number of rotatable bonds is 8. The normalized spacial score (nSPS) is 24.1. The number of nitrogens with zero attached hydrogens (tertiary/aromatic N) is 3. The molecule has 1 N–H and O–H groups in total. The van der Waals surface area contributed by atoms with Crippen molar-refractivity contribution in [3.05, 3.63) is 28.7 Å². The van der Waals surface area contributed by atoms with Gasteiger partial charge in [-0.1, -0.05) is 18.2 Å². The van der Waals surface area contributed by atoms with Crippen LogP contribution < -0.4 is 10.9 Å². The highest BCUT2D eigenvalue weighted by Crippen LogP contribution is 2.49. The van der Waals surface area contributed by atoms with Crippen LogP contribution in [-0.2, 0) is 16.1 Å². The third-order valence-electron chi connectivity index (χ3n) is 6.37. The molecule has 2 aromatic heterocycles. The number of amides is 1. The molecule has 1 amide bonds. The van der Waals surface area contributed by atoms with E-state index >= 15 is 0 Å². The van der Waals surface area contributed by atoms with E-state index in [0.717, 1.165) is 11.8 Å². The number of carbonyl (C=O) groups is 1. The van der Waals surface area contributed by atoms with Crippen molar-refractivity contribution in [3.63, 3.8) is 0 Å². The highest BCUT2D eigenvalue weighted by Gasteiger charge is 2.42. The van der Waals surface area contributed by atoms with Gasteiger partial charge < -0.3 is 10.1 Å². The first-order chi connectivity index (χ1) is 14.1. The van der Waals surface area contributed by atoms with Crippen LogP contribution in [0.3, 0.4) is 0 Å². The number of carbonyl (C=O) groups excluding carboxylic acids is 1. The van der Waals surface area contributed by atoms with Gasteiger partial charge >= 0.3 is 0 Å². The molecule has 0 aromatic carbocycles. The molecule has 7 nitrogen and oxygen atoms in total. The Bertz CT molecular complexity index is 947. The van der Waals surface area contributed by atoms with Crippen LogP contribution in [0.5, 0.6) is 0 Å². The minimum atomic E-state index is -0.154. The Morgan fingerprint density at radius 3 is 3.00 bits per heavy atom. The van der Waals surface area contributed by atoms with E-state index in [2.05, 4.69) is 22.2 Å². The number of nitrogens with one attached hydrogen (secondary N) is 1. The van der Waals surface area contributed by atoms with Gasteiger partial charge in [0.05, 0.1) is 24.3 Å². The summed E-state index contributed by atoms with van der Waals surface area (Å²) < 4.78 is 6.71. The van der Waals surface area contributed by atoms with Crippen LogP contribution in [-0.4, -0.2) is 46.0 Å². The average Bonchev–Trinajstić information content (AvgIpc) is 3.35. The van der Waals surface area contributed by atoms with Crippen molar-refractivity contribution in [1.29, 1.82) is 0 Å². The Kier molecular flexibility index (Phi) is 6.20. The molecule has 0 unspecified atom stereocenters. The number of hydrogen-bond donors (Lipinski definition) is 1. The number of methoxy groups -OCH3 is 1. The Hall–Kier alpha value is -1.93. The molecule has 2 aliphatic carbocycles. The highest BCUT2D eigenvalue weighted by molar-refractivity contribution is 7.99. The van der Waals surface area contributed by atoms with Gasteiger partial charge in [0.15, 0.2) is 10.8 Å². The van der Waals surface area contributed by atoms with Crippen LogP contribution in [0.15, 0.2) is 28.3 Å². The van der Waals surface area contributed by atoms with E-state index in [1.165, 1.54) is 37.4 Å². The predicted molar refractivity (Wildman–Crippen MR) is 113 cm³/mol. The van der Waals surface area contributed by atoms with Gasteiger partial charge in [-0.05, 0) is 56.1 Å². The topological polar surface area (TPSA) is 86.1 Å². The minimum Gasteiger partial charge on any atom is -0.383 e. The standard InChI is InChI=1S/C21H28N4O3S/c1-13(17-11-14-5-6-15(17)10-14)23-18(26)12-29-21-24-19-16(4-3-7-22-19)20(27)25(21)8-9-28-2/h3-4,7,13-15,17H,5-6,8-12H2,1-2H3,(H,23,26)/t13-,14+,15+,17+/m1/s1. The van der Waals surface area contributed by atoms with Crippen molar-refractivity contribution in [2.75, 3.05) is 19.5 Å². The van der Waals surface area contributed by atoms with E-state index in [4.69, 9.17) is 4.74 Å². The maximum absolute atomic E-state index is 12.8. The van der Waals surface area contributed by atoms with Crippen molar-refractivity contribution in [3.8, 4) is 0 Å². The molecule has 4 atom stereocenters. The second kappa shape index (κ2) is 8.83. The molecule has 2 fully saturated rings. The molecular formula is C21H28N4O3S. The van der Waals surface area contributed by atoms with Crippen LogP contribution >= 0.6 is 11.8 Å². The van der Waals surface area contributed by atoms with Gasteiger partial charge in [-0.25, -0.2) is 9.97 Å².